The lowest BCUT2D eigenvalue weighted by Crippen LogP contribution is -2.11. The second kappa shape index (κ2) is 25.5. The summed E-state index contributed by atoms with van der Waals surface area (Å²) in [5.74, 6) is 0. The van der Waals surface area contributed by atoms with E-state index in [1.54, 1.807) is 0 Å². The zero-order valence-corrected chi connectivity index (χ0v) is 63.0. The van der Waals surface area contributed by atoms with Crippen molar-refractivity contribution in [3.8, 4) is 55.9 Å². The van der Waals surface area contributed by atoms with Gasteiger partial charge >= 0.3 is 0 Å². The summed E-state index contributed by atoms with van der Waals surface area (Å²) in [4.78, 5) is 4.90. The van der Waals surface area contributed by atoms with Crippen molar-refractivity contribution in [1.82, 2.24) is 9.13 Å². The first kappa shape index (κ1) is 64.3. The molecule has 0 fully saturated rings. The van der Waals surface area contributed by atoms with Crippen LogP contribution in [0.5, 0.6) is 0 Å². The molecule has 0 atom stereocenters. The fourth-order valence-corrected chi connectivity index (χ4v) is 20.9. The van der Waals surface area contributed by atoms with Crippen molar-refractivity contribution in [2.75, 3.05) is 9.80 Å². The molecule has 6 nitrogen and oxygen atoms in total. The van der Waals surface area contributed by atoms with Crippen LogP contribution in [0.1, 0.15) is 0 Å². The van der Waals surface area contributed by atoms with Gasteiger partial charge < -0.3 is 27.8 Å². The SMILES string of the molecule is c1ccc(-n2c3ccccc3c3ccc(-c4cccc(-c5cccc(N(c6cccc7c6oc6cc(-c8cccc9sc%10c(N(c%11ccc(-c%12ccc%13c%14ccccc%14n(-c%14ccccc%14)c%13c%12)c%12ccccc%11%12)c%11cccc%12c%11oc%11ccccc%11%12)cccc%10c89)ccc67)c6cccc7c6sc6ccccc67)c5)c4)cc32)cc1. The average molecular weight is 1490 g/mol. The Balaban J connectivity index is 0.642. The van der Waals surface area contributed by atoms with Crippen LogP contribution in [0.3, 0.4) is 0 Å². The summed E-state index contributed by atoms with van der Waals surface area (Å²) in [5, 5.41) is 16.3. The summed E-state index contributed by atoms with van der Waals surface area (Å²) in [6.07, 6.45) is 0. The highest BCUT2D eigenvalue weighted by atomic mass is 32.1. The van der Waals surface area contributed by atoms with E-state index >= 15 is 0 Å². The van der Waals surface area contributed by atoms with Gasteiger partial charge in [0.25, 0.3) is 0 Å². The molecule has 0 spiro atoms. The number of anilines is 6. The Hall–Kier alpha value is -14.5. The van der Waals surface area contributed by atoms with Crippen molar-refractivity contribution in [2.24, 2.45) is 0 Å². The van der Waals surface area contributed by atoms with Crippen LogP contribution in [0.25, 0.3) is 194 Å². The van der Waals surface area contributed by atoms with E-state index in [9.17, 15) is 0 Å². The molecule has 6 aromatic heterocycles. The second-order valence-electron chi connectivity index (χ2n) is 29.7. The summed E-state index contributed by atoms with van der Waals surface area (Å²) >= 11 is 3.68. The van der Waals surface area contributed by atoms with Gasteiger partial charge in [-0.2, -0.15) is 0 Å². The molecule has 0 aliphatic heterocycles. The van der Waals surface area contributed by atoms with Gasteiger partial charge in [0, 0.05) is 96.5 Å². The Morgan fingerprint density at radius 3 is 1.37 bits per heavy atom. The molecule has 24 aromatic rings. The molecule has 0 saturated carbocycles. The molecule has 0 radical (unpaired) electrons. The van der Waals surface area contributed by atoms with Crippen LogP contribution in [0.4, 0.5) is 34.1 Å². The van der Waals surface area contributed by atoms with Crippen LogP contribution in [-0.2, 0) is 0 Å². The second-order valence-corrected chi connectivity index (χ2v) is 31.8. The lowest BCUT2D eigenvalue weighted by molar-refractivity contribution is 0.669. The van der Waals surface area contributed by atoms with E-state index in [2.05, 4.69) is 407 Å². The van der Waals surface area contributed by atoms with Crippen molar-refractivity contribution in [1.29, 1.82) is 0 Å². The lowest BCUT2D eigenvalue weighted by Gasteiger charge is -2.28. The van der Waals surface area contributed by atoms with E-state index in [1.165, 1.54) is 84.0 Å². The predicted molar refractivity (Wildman–Crippen MR) is 484 cm³/mol. The minimum Gasteiger partial charge on any atom is -0.454 e. The summed E-state index contributed by atoms with van der Waals surface area (Å²) in [6.45, 7) is 0. The summed E-state index contributed by atoms with van der Waals surface area (Å²) in [6, 6.07) is 142. The predicted octanol–water partition coefficient (Wildman–Crippen LogP) is 31.2. The molecule has 0 N–H and O–H groups in total. The molecule has 0 unspecified atom stereocenters. The molecule has 0 bridgehead atoms. The molecule has 6 heterocycles. The highest BCUT2D eigenvalue weighted by molar-refractivity contribution is 7.27. The van der Waals surface area contributed by atoms with Gasteiger partial charge in [0.15, 0.2) is 11.2 Å². The van der Waals surface area contributed by atoms with E-state index < -0.39 is 0 Å². The van der Waals surface area contributed by atoms with Crippen LogP contribution < -0.4 is 9.80 Å². The summed E-state index contributed by atoms with van der Waals surface area (Å²) < 4.78 is 24.1. The molecule has 8 heteroatoms. The molecule has 0 amide bonds. The largest absolute Gasteiger partial charge is 0.454 e. The number of rotatable bonds is 12. The standard InChI is InChI=1S/C106H64N4O2S2/c1-3-27-71(28-4-1)107-89-43-13-9-34-78(89)80-55-52-68(62-96(80)107)66-25-17-24-65(60-66)67-26-18-31-73(61-67)109(94-47-21-41-87-84-37-12-16-50-100(84)113-105(87)94)92-45-19-40-86-83-57-54-70(64-99(83)112-103(86)92)75-38-23-51-101-102(75)88-42-22-48-95(106(88)114-101)110(93-46-20-39-85-82-36-11-15-49-98(82)111-104(85)93)91-59-58-74(76-32-7-8-33-77(76)91)69-53-56-81-79-35-10-14-44-90(79)108(97(81)63-69)72-29-5-2-6-30-72/h1-64H. The van der Waals surface area contributed by atoms with Crippen LogP contribution in [0.2, 0.25) is 0 Å². The lowest BCUT2D eigenvalue weighted by atomic mass is 9.95. The molecular formula is C106H64N4O2S2. The molecule has 24 rings (SSSR count). The first-order chi connectivity index (χ1) is 56.5. The maximum Gasteiger partial charge on any atom is 0.159 e. The molecule has 532 valence electrons. The van der Waals surface area contributed by atoms with Gasteiger partial charge in [0.1, 0.15) is 11.2 Å². The van der Waals surface area contributed by atoms with Gasteiger partial charge in [-0.15, -0.1) is 22.7 Å². The fourth-order valence-electron chi connectivity index (χ4n) is 18.4. The number of furan rings is 2. The van der Waals surface area contributed by atoms with E-state index in [4.69, 9.17) is 8.83 Å². The molecule has 0 aliphatic carbocycles. The van der Waals surface area contributed by atoms with E-state index in [-0.39, 0.29) is 0 Å². The number of aromatic nitrogens is 2. The van der Waals surface area contributed by atoms with Crippen LogP contribution in [-0.4, -0.2) is 9.13 Å². The monoisotopic (exact) mass is 1490 g/mol. The van der Waals surface area contributed by atoms with Gasteiger partial charge in [-0.1, -0.05) is 261 Å². The van der Waals surface area contributed by atoms with Crippen LogP contribution in [0.15, 0.2) is 397 Å². The number of fused-ring (bicyclic) bond motifs is 19. The quantitative estimate of drug-likeness (QED) is 0.122. The molecular weight excluding hydrogens is 1430 g/mol. The Morgan fingerprint density at radius 1 is 0.219 bits per heavy atom. The number of hydrogen-bond acceptors (Lipinski definition) is 6. The fraction of sp³-hybridized carbons (Fsp3) is 0. The molecule has 18 aromatic carbocycles. The number of nitrogens with zero attached hydrogens (tertiary/aromatic N) is 4. The average Bonchev–Trinajstić information content (AvgIpc) is 1.52. The van der Waals surface area contributed by atoms with Crippen molar-refractivity contribution in [2.45, 2.75) is 0 Å². The zero-order chi connectivity index (χ0) is 74.6. The number of benzene rings is 18. The highest BCUT2D eigenvalue weighted by Gasteiger charge is 2.29. The Kier molecular flexibility index (Phi) is 14.4. The third kappa shape index (κ3) is 9.91. The number of hydrogen-bond donors (Lipinski definition) is 0. The third-order valence-electron chi connectivity index (χ3n) is 23.5. The minimum absolute atomic E-state index is 0.815. The van der Waals surface area contributed by atoms with Crippen molar-refractivity contribution < 1.29 is 8.83 Å². The maximum atomic E-state index is 7.47. The first-order valence-electron chi connectivity index (χ1n) is 38.8. The van der Waals surface area contributed by atoms with Crippen molar-refractivity contribution in [3.05, 3.63) is 388 Å². The van der Waals surface area contributed by atoms with Crippen molar-refractivity contribution in [3.63, 3.8) is 0 Å². The number of para-hydroxylation sites is 7. The molecule has 0 saturated heterocycles. The highest BCUT2D eigenvalue weighted by Crippen LogP contribution is 2.54. The van der Waals surface area contributed by atoms with E-state index in [0.717, 1.165) is 145 Å². The van der Waals surface area contributed by atoms with E-state index in [1.807, 2.05) is 22.7 Å². The maximum absolute atomic E-state index is 7.47. The van der Waals surface area contributed by atoms with Gasteiger partial charge in [-0.05, 0) is 177 Å². The third-order valence-corrected chi connectivity index (χ3v) is 25.9. The Morgan fingerprint density at radius 2 is 0.667 bits per heavy atom. The number of thiophene rings is 2. The van der Waals surface area contributed by atoms with E-state index in [0.29, 0.717) is 0 Å². The van der Waals surface area contributed by atoms with Crippen LogP contribution in [0, 0.1) is 0 Å². The molecule has 114 heavy (non-hydrogen) atoms. The zero-order valence-electron chi connectivity index (χ0n) is 61.4. The summed E-state index contributed by atoms with van der Waals surface area (Å²) in [7, 11) is 0. The van der Waals surface area contributed by atoms with Crippen LogP contribution >= 0.6 is 22.7 Å². The normalized spacial score (nSPS) is 12.0. The van der Waals surface area contributed by atoms with Gasteiger partial charge in [-0.25, -0.2) is 0 Å². The van der Waals surface area contributed by atoms with Gasteiger partial charge in [-0.3, -0.25) is 0 Å². The van der Waals surface area contributed by atoms with Gasteiger partial charge in [0.05, 0.1) is 59.9 Å². The minimum atomic E-state index is 0.815. The smallest absolute Gasteiger partial charge is 0.159 e. The topological polar surface area (TPSA) is 42.6 Å². The van der Waals surface area contributed by atoms with Gasteiger partial charge in [0.2, 0.25) is 0 Å². The summed E-state index contributed by atoms with van der Waals surface area (Å²) in [5.41, 5.74) is 25.5. The molecule has 0 aliphatic rings. The Bertz CT molecular complexity index is 8090. The van der Waals surface area contributed by atoms with Crippen molar-refractivity contribution >= 4 is 195 Å². The Labute approximate surface area is 662 Å². The first-order valence-corrected chi connectivity index (χ1v) is 40.4.